The Morgan fingerprint density at radius 1 is 1.33 bits per heavy atom. The Morgan fingerprint density at radius 3 is 2.27 bits per heavy atom. The molecule has 2 amide bonds. The molecule has 0 bridgehead atoms. The second-order valence-corrected chi connectivity index (χ2v) is 2.63. The minimum Gasteiger partial charge on any atom is -0.464 e. The molecule has 0 aromatic carbocycles. The predicted molar refractivity (Wildman–Crippen MR) is 50.7 cm³/mol. The lowest BCUT2D eigenvalue weighted by Crippen LogP contribution is -2.35. The number of nitrogens with two attached hydrogens (primary N) is 1. The smallest absolute Gasteiger partial charge is 0.422 e. The number of aromatic nitrogens is 1. The number of rotatable bonds is 2. The molecule has 7 nitrogen and oxygen atoms in total. The number of anilines is 1. The van der Waals surface area contributed by atoms with Crippen molar-refractivity contribution in [2.24, 2.45) is 5.73 Å². The number of imide groups is 1. The zero-order valence-electron chi connectivity index (χ0n) is 7.62. The first-order valence-electron chi connectivity index (χ1n) is 3.97. The number of carboxylic acid groups (broad SMARTS) is 2. The van der Waals surface area contributed by atoms with Crippen LogP contribution in [0.4, 0.5) is 15.4 Å². The second kappa shape index (κ2) is 4.38. The first kappa shape index (κ1) is 10.9. The molecule has 0 aliphatic heterocycles. The maximum Gasteiger partial charge on any atom is 0.422 e. The average molecular weight is 211 g/mol. The zero-order chi connectivity index (χ0) is 11.4. The monoisotopic (exact) mass is 211 g/mol. The van der Waals surface area contributed by atoms with Crippen molar-refractivity contribution in [3.63, 3.8) is 0 Å². The van der Waals surface area contributed by atoms with Gasteiger partial charge in [0.25, 0.3) is 0 Å². The molecular formula is C8H9N3O4. The van der Waals surface area contributed by atoms with Crippen LogP contribution in [0.1, 0.15) is 5.56 Å². The Kier molecular flexibility index (Phi) is 3.19. The fraction of sp³-hybridized carbons (Fsp3) is 0.125. The van der Waals surface area contributed by atoms with Gasteiger partial charge in [0.1, 0.15) is 5.82 Å². The van der Waals surface area contributed by atoms with Gasteiger partial charge in [-0.05, 0) is 11.6 Å². The molecule has 0 saturated heterocycles. The van der Waals surface area contributed by atoms with Crippen molar-refractivity contribution in [3.05, 3.63) is 23.9 Å². The molecule has 0 radical (unpaired) electrons. The van der Waals surface area contributed by atoms with Gasteiger partial charge in [-0.3, -0.25) is 0 Å². The molecule has 0 aliphatic rings. The van der Waals surface area contributed by atoms with E-state index in [0.29, 0.717) is 5.56 Å². The van der Waals surface area contributed by atoms with Gasteiger partial charge in [0.2, 0.25) is 0 Å². The van der Waals surface area contributed by atoms with Crippen LogP contribution in [-0.2, 0) is 6.54 Å². The summed E-state index contributed by atoms with van der Waals surface area (Å²) in [7, 11) is 0. The first-order chi connectivity index (χ1) is 7.06. The Hall–Kier alpha value is -2.15. The third kappa shape index (κ3) is 2.41. The third-order valence-electron chi connectivity index (χ3n) is 1.66. The number of pyridine rings is 1. The highest BCUT2D eigenvalue weighted by atomic mass is 16.4. The van der Waals surface area contributed by atoms with Gasteiger partial charge < -0.3 is 15.9 Å². The lowest BCUT2D eigenvalue weighted by Gasteiger charge is -2.11. The van der Waals surface area contributed by atoms with Crippen LogP contribution in [0.5, 0.6) is 0 Å². The highest BCUT2D eigenvalue weighted by Gasteiger charge is 2.22. The van der Waals surface area contributed by atoms with Crippen LogP contribution in [0.25, 0.3) is 0 Å². The average Bonchev–Trinajstić information content (AvgIpc) is 2.18. The van der Waals surface area contributed by atoms with E-state index < -0.39 is 12.2 Å². The molecule has 0 saturated carbocycles. The number of hydrogen-bond acceptors (Lipinski definition) is 4. The summed E-state index contributed by atoms with van der Waals surface area (Å²) in [4.78, 5) is 25.0. The van der Waals surface area contributed by atoms with E-state index in [0.717, 1.165) is 0 Å². The van der Waals surface area contributed by atoms with Crippen LogP contribution in [0.3, 0.4) is 0 Å². The molecule has 0 atom stereocenters. The van der Waals surface area contributed by atoms with Crippen LogP contribution in [0, 0.1) is 0 Å². The standard InChI is InChI=1S/C8H9N3O4/c9-3-5-1-2-6(10-4-5)11(7(12)13)8(14)15/h1-2,4H,3,9H2,(H,12,13)(H,14,15). The minimum atomic E-state index is -1.60. The summed E-state index contributed by atoms with van der Waals surface area (Å²) in [5.74, 6) is -0.174. The molecule has 1 rings (SSSR count). The number of amides is 2. The van der Waals surface area contributed by atoms with Gasteiger partial charge in [0.05, 0.1) is 0 Å². The summed E-state index contributed by atoms with van der Waals surface area (Å²) in [6, 6.07) is 2.80. The van der Waals surface area contributed by atoms with E-state index in [1.807, 2.05) is 0 Å². The maximum absolute atomic E-state index is 10.6. The van der Waals surface area contributed by atoms with E-state index >= 15 is 0 Å². The summed E-state index contributed by atoms with van der Waals surface area (Å²) in [5, 5.41) is 17.2. The highest BCUT2D eigenvalue weighted by molar-refractivity contribution is 6.06. The molecule has 1 aromatic rings. The van der Waals surface area contributed by atoms with Crippen LogP contribution >= 0.6 is 0 Å². The maximum atomic E-state index is 10.6. The van der Waals surface area contributed by atoms with E-state index in [-0.39, 0.29) is 17.3 Å². The van der Waals surface area contributed by atoms with E-state index in [9.17, 15) is 9.59 Å². The molecule has 80 valence electrons. The normalized spacial score (nSPS) is 9.67. The van der Waals surface area contributed by atoms with E-state index in [4.69, 9.17) is 15.9 Å². The van der Waals surface area contributed by atoms with Gasteiger partial charge in [-0.25, -0.2) is 14.6 Å². The van der Waals surface area contributed by atoms with E-state index in [1.165, 1.54) is 18.3 Å². The third-order valence-corrected chi connectivity index (χ3v) is 1.66. The molecule has 4 N–H and O–H groups in total. The Bertz CT molecular complexity index is 362. The molecule has 15 heavy (non-hydrogen) atoms. The molecule has 0 spiro atoms. The zero-order valence-corrected chi connectivity index (χ0v) is 7.62. The Morgan fingerprint density at radius 2 is 1.93 bits per heavy atom. The van der Waals surface area contributed by atoms with Gasteiger partial charge in [0, 0.05) is 12.7 Å². The SMILES string of the molecule is NCc1ccc(N(C(=O)O)C(=O)O)nc1. The minimum absolute atomic E-state index is 0.125. The van der Waals surface area contributed by atoms with Gasteiger partial charge in [-0.15, -0.1) is 0 Å². The fourth-order valence-corrected chi connectivity index (χ4v) is 0.948. The van der Waals surface area contributed by atoms with Crippen LogP contribution in [0.15, 0.2) is 18.3 Å². The summed E-state index contributed by atoms with van der Waals surface area (Å²) in [6.45, 7) is 0.257. The lowest BCUT2D eigenvalue weighted by atomic mass is 10.3. The molecule has 7 heteroatoms. The quantitative estimate of drug-likeness (QED) is 0.662. The molecule has 1 aromatic heterocycles. The highest BCUT2D eigenvalue weighted by Crippen LogP contribution is 2.11. The number of carbonyl (C=O) groups is 2. The first-order valence-corrected chi connectivity index (χ1v) is 3.97. The number of nitrogens with zero attached hydrogens (tertiary/aromatic N) is 2. The van der Waals surface area contributed by atoms with Crippen LogP contribution < -0.4 is 10.6 Å². The Labute approximate surface area is 84.8 Å². The number of hydrogen-bond donors (Lipinski definition) is 3. The second-order valence-electron chi connectivity index (χ2n) is 2.63. The van der Waals surface area contributed by atoms with Crippen molar-refractivity contribution in [1.29, 1.82) is 0 Å². The summed E-state index contributed by atoms with van der Waals surface area (Å²) in [6.07, 6.45) is -1.88. The van der Waals surface area contributed by atoms with Gasteiger partial charge >= 0.3 is 12.2 Å². The van der Waals surface area contributed by atoms with Crippen molar-refractivity contribution in [3.8, 4) is 0 Å². The molecule has 0 aliphatic carbocycles. The summed E-state index contributed by atoms with van der Waals surface area (Å²) >= 11 is 0. The topological polar surface area (TPSA) is 117 Å². The summed E-state index contributed by atoms with van der Waals surface area (Å²) < 4.78 is 0. The van der Waals surface area contributed by atoms with Crippen molar-refractivity contribution in [1.82, 2.24) is 4.98 Å². The predicted octanol–water partition coefficient (Wildman–Crippen LogP) is 0.703. The molecule has 0 fully saturated rings. The van der Waals surface area contributed by atoms with Gasteiger partial charge in [0.15, 0.2) is 0 Å². The van der Waals surface area contributed by atoms with Crippen LogP contribution in [-0.4, -0.2) is 27.4 Å². The van der Waals surface area contributed by atoms with Crippen molar-refractivity contribution >= 4 is 18.0 Å². The molecule has 0 unspecified atom stereocenters. The Balaban J connectivity index is 3.02. The van der Waals surface area contributed by atoms with Crippen molar-refractivity contribution < 1.29 is 19.8 Å². The van der Waals surface area contributed by atoms with Gasteiger partial charge in [-0.1, -0.05) is 6.07 Å². The fourth-order valence-electron chi connectivity index (χ4n) is 0.948. The van der Waals surface area contributed by atoms with E-state index in [2.05, 4.69) is 4.98 Å². The lowest BCUT2D eigenvalue weighted by molar-refractivity contribution is 0.184. The van der Waals surface area contributed by atoms with Gasteiger partial charge in [-0.2, -0.15) is 4.90 Å². The summed E-state index contributed by atoms with van der Waals surface area (Å²) in [5.41, 5.74) is 6.00. The van der Waals surface area contributed by atoms with E-state index in [1.54, 1.807) is 0 Å². The van der Waals surface area contributed by atoms with Crippen molar-refractivity contribution in [2.75, 3.05) is 4.90 Å². The van der Waals surface area contributed by atoms with Crippen molar-refractivity contribution in [2.45, 2.75) is 6.54 Å². The molecule has 1 heterocycles. The largest absolute Gasteiger partial charge is 0.464 e. The molecular weight excluding hydrogens is 202 g/mol. The van der Waals surface area contributed by atoms with Crippen LogP contribution in [0.2, 0.25) is 0 Å².